The number of hydrogen-bond donors (Lipinski definition) is 3. The van der Waals surface area contributed by atoms with Gasteiger partial charge < -0.3 is 29.5 Å². The summed E-state index contributed by atoms with van der Waals surface area (Å²) in [6.45, 7) is 0.145. The minimum atomic E-state index is -1.23. The van der Waals surface area contributed by atoms with Gasteiger partial charge in [-0.25, -0.2) is 4.79 Å². The second-order valence-electron chi connectivity index (χ2n) is 6.32. The van der Waals surface area contributed by atoms with Gasteiger partial charge in [-0.3, -0.25) is 0 Å². The fraction of sp³-hybridized carbons (Fsp3) is 0.350. The van der Waals surface area contributed by atoms with Crippen molar-refractivity contribution in [3.63, 3.8) is 0 Å². The molecule has 7 heteroatoms. The Morgan fingerprint density at radius 1 is 1.04 bits per heavy atom. The largest absolute Gasteiger partial charge is 0.489 e. The maximum absolute atomic E-state index is 12.1. The molecule has 1 fully saturated rings. The lowest BCUT2D eigenvalue weighted by Gasteiger charge is -2.34. The molecule has 0 amide bonds. The molecule has 2 aromatic rings. The molecule has 0 spiro atoms. The Hall–Kier alpha value is -2.45. The van der Waals surface area contributed by atoms with E-state index >= 15 is 0 Å². The predicted molar refractivity (Wildman–Crippen MR) is 95.0 cm³/mol. The van der Waals surface area contributed by atoms with E-state index in [0.29, 0.717) is 17.9 Å². The molecule has 4 unspecified atom stereocenters. The standard InChI is InChI=1S/C20H22O7/c21-16-10-18(22)27-17(19(16)23)12-26-20(24)14-6-8-15(9-7-14)25-11-13-4-2-1-3-5-13/h1-9,16-19,21-23H,10-12H2. The highest BCUT2D eigenvalue weighted by atomic mass is 16.6. The third kappa shape index (κ3) is 5.27. The predicted octanol–water partition coefficient (Wildman–Crippen LogP) is 1.25. The van der Waals surface area contributed by atoms with E-state index in [2.05, 4.69) is 0 Å². The van der Waals surface area contributed by atoms with Crippen LogP contribution in [0.2, 0.25) is 0 Å². The van der Waals surface area contributed by atoms with Crippen molar-refractivity contribution in [2.45, 2.75) is 37.6 Å². The minimum absolute atomic E-state index is 0.0872. The van der Waals surface area contributed by atoms with Crippen LogP contribution in [0.1, 0.15) is 22.3 Å². The van der Waals surface area contributed by atoms with Gasteiger partial charge >= 0.3 is 5.97 Å². The summed E-state index contributed by atoms with van der Waals surface area (Å²) in [4.78, 5) is 12.1. The topological polar surface area (TPSA) is 105 Å². The fourth-order valence-corrected chi connectivity index (χ4v) is 2.74. The van der Waals surface area contributed by atoms with Gasteiger partial charge in [0, 0.05) is 6.42 Å². The Morgan fingerprint density at radius 2 is 1.74 bits per heavy atom. The first-order chi connectivity index (χ1) is 13.0. The van der Waals surface area contributed by atoms with Crippen molar-refractivity contribution >= 4 is 5.97 Å². The van der Waals surface area contributed by atoms with Crippen LogP contribution in [0.3, 0.4) is 0 Å². The van der Waals surface area contributed by atoms with Crippen LogP contribution in [0.5, 0.6) is 5.75 Å². The van der Waals surface area contributed by atoms with Gasteiger partial charge in [-0.15, -0.1) is 0 Å². The lowest BCUT2D eigenvalue weighted by atomic mass is 10.0. The van der Waals surface area contributed by atoms with Crippen molar-refractivity contribution in [1.29, 1.82) is 0 Å². The van der Waals surface area contributed by atoms with Crippen LogP contribution in [-0.4, -0.2) is 52.5 Å². The molecule has 4 atom stereocenters. The molecule has 0 aliphatic carbocycles. The summed E-state index contributed by atoms with van der Waals surface area (Å²) in [7, 11) is 0. The Labute approximate surface area is 156 Å². The van der Waals surface area contributed by atoms with Gasteiger partial charge in [0.2, 0.25) is 0 Å². The molecule has 7 nitrogen and oxygen atoms in total. The number of aliphatic hydroxyl groups excluding tert-OH is 3. The van der Waals surface area contributed by atoms with E-state index in [4.69, 9.17) is 14.2 Å². The highest BCUT2D eigenvalue weighted by Crippen LogP contribution is 2.20. The van der Waals surface area contributed by atoms with E-state index in [-0.39, 0.29) is 13.0 Å². The van der Waals surface area contributed by atoms with E-state index < -0.39 is 30.6 Å². The number of aliphatic hydroxyl groups is 3. The van der Waals surface area contributed by atoms with Gasteiger partial charge in [0.25, 0.3) is 0 Å². The summed E-state index contributed by atoms with van der Waals surface area (Å²) >= 11 is 0. The third-order valence-electron chi connectivity index (χ3n) is 4.27. The van der Waals surface area contributed by atoms with Gasteiger partial charge in [0.1, 0.15) is 31.2 Å². The lowest BCUT2D eigenvalue weighted by molar-refractivity contribution is -0.239. The fourth-order valence-electron chi connectivity index (χ4n) is 2.74. The van der Waals surface area contributed by atoms with E-state index in [1.54, 1.807) is 24.3 Å². The number of hydrogen-bond acceptors (Lipinski definition) is 7. The number of benzene rings is 2. The number of carbonyl (C=O) groups is 1. The van der Waals surface area contributed by atoms with Crippen molar-refractivity contribution in [3.8, 4) is 5.75 Å². The highest BCUT2D eigenvalue weighted by molar-refractivity contribution is 5.89. The average Bonchev–Trinajstić information content (AvgIpc) is 2.69. The zero-order valence-corrected chi connectivity index (χ0v) is 14.6. The van der Waals surface area contributed by atoms with Crippen molar-refractivity contribution < 1.29 is 34.3 Å². The van der Waals surface area contributed by atoms with Crippen LogP contribution < -0.4 is 4.74 Å². The van der Waals surface area contributed by atoms with E-state index in [9.17, 15) is 20.1 Å². The molecule has 0 bridgehead atoms. The number of esters is 1. The lowest BCUT2D eigenvalue weighted by Crippen LogP contribution is -2.50. The van der Waals surface area contributed by atoms with Gasteiger partial charge in [-0.1, -0.05) is 30.3 Å². The van der Waals surface area contributed by atoms with Crippen LogP contribution >= 0.6 is 0 Å². The summed E-state index contributed by atoms with van der Waals surface area (Å²) in [5, 5.41) is 28.9. The summed E-state index contributed by atoms with van der Waals surface area (Å²) < 4.78 is 15.9. The summed E-state index contributed by atoms with van der Waals surface area (Å²) in [6, 6.07) is 16.2. The molecule has 1 heterocycles. The van der Waals surface area contributed by atoms with Crippen LogP contribution in [0.4, 0.5) is 0 Å². The zero-order valence-electron chi connectivity index (χ0n) is 14.6. The minimum Gasteiger partial charge on any atom is -0.489 e. The van der Waals surface area contributed by atoms with Crippen molar-refractivity contribution in [2.75, 3.05) is 6.61 Å². The van der Waals surface area contributed by atoms with Crippen LogP contribution in [0.25, 0.3) is 0 Å². The van der Waals surface area contributed by atoms with Gasteiger partial charge in [-0.2, -0.15) is 0 Å². The molecule has 1 aliphatic rings. The Balaban J connectivity index is 1.50. The van der Waals surface area contributed by atoms with E-state index in [1.165, 1.54) is 0 Å². The number of carbonyl (C=O) groups excluding carboxylic acids is 1. The number of ether oxygens (including phenoxy) is 3. The van der Waals surface area contributed by atoms with Crippen LogP contribution in [0.15, 0.2) is 54.6 Å². The monoisotopic (exact) mass is 374 g/mol. The SMILES string of the molecule is O=C(OCC1OC(O)CC(O)C1O)c1ccc(OCc2ccccc2)cc1. The molecule has 1 aliphatic heterocycles. The summed E-state index contributed by atoms with van der Waals surface area (Å²) in [6.07, 6.45) is -4.63. The van der Waals surface area contributed by atoms with Crippen molar-refractivity contribution in [2.24, 2.45) is 0 Å². The second kappa shape index (κ2) is 8.96. The molecule has 144 valence electrons. The normalized spacial score (nSPS) is 25.0. The molecule has 3 rings (SSSR count). The molecule has 0 aromatic heterocycles. The first-order valence-corrected chi connectivity index (χ1v) is 8.66. The zero-order chi connectivity index (χ0) is 19.2. The van der Waals surface area contributed by atoms with Crippen molar-refractivity contribution in [3.05, 3.63) is 65.7 Å². The Bertz CT molecular complexity index is 732. The second-order valence-corrected chi connectivity index (χ2v) is 6.32. The first kappa shape index (κ1) is 19.3. The van der Waals surface area contributed by atoms with Gasteiger partial charge in [0.15, 0.2) is 6.29 Å². The van der Waals surface area contributed by atoms with E-state index in [0.717, 1.165) is 5.56 Å². The molecule has 27 heavy (non-hydrogen) atoms. The molecular weight excluding hydrogens is 352 g/mol. The highest BCUT2D eigenvalue weighted by Gasteiger charge is 2.36. The quantitative estimate of drug-likeness (QED) is 0.654. The number of rotatable bonds is 6. The third-order valence-corrected chi connectivity index (χ3v) is 4.27. The van der Waals surface area contributed by atoms with Gasteiger partial charge in [-0.05, 0) is 29.8 Å². The average molecular weight is 374 g/mol. The molecule has 0 saturated carbocycles. The summed E-state index contributed by atoms with van der Waals surface area (Å²) in [5.41, 5.74) is 1.35. The summed E-state index contributed by atoms with van der Waals surface area (Å²) in [5.74, 6) is 0.0163. The molecule has 2 aromatic carbocycles. The molecule has 0 radical (unpaired) electrons. The molecule has 3 N–H and O–H groups in total. The first-order valence-electron chi connectivity index (χ1n) is 8.66. The molecular formula is C20H22O7. The Morgan fingerprint density at radius 3 is 2.44 bits per heavy atom. The Kier molecular flexibility index (Phi) is 6.41. The van der Waals surface area contributed by atoms with Crippen molar-refractivity contribution in [1.82, 2.24) is 0 Å². The molecule has 1 saturated heterocycles. The van der Waals surface area contributed by atoms with E-state index in [1.807, 2.05) is 30.3 Å². The smallest absolute Gasteiger partial charge is 0.338 e. The maximum atomic E-state index is 12.1. The van der Waals surface area contributed by atoms with Crippen LogP contribution in [-0.2, 0) is 16.1 Å². The maximum Gasteiger partial charge on any atom is 0.338 e. The van der Waals surface area contributed by atoms with Crippen LogP contribution in [0, 0.1) is 0 Å². The van der Waals surface area contributed by atoms with Gasteiger partial charge in [0.05, 0.1) is 11.7 Å².